The van der Waals surface area contributed by atoms with E-state index in [1.807, 2.05) is 62.4 Å². The van der Waals surface area contributed by atoms with Crippen LogP contribution in [0.15, 0.2) is 59.7 Å². The number of benzene rings is 2. The maximum absolute atomic E-state index is 13.8. The van der Waals surface area contributed by atoms with E-state index < -0.39 is 5.91 Å². The van der Waals surface area contributed by atoms with Gasteiger partial charge in [-0.05, 0) is 42.5 Å². The van der Waals surface area contributed by atoms with Crippen molar-refractivity contribution < 1.29 is 4.79 Å². The van der Waals surface area contributed by atoms with E-state index in [1.165, 1.54) is 11.0 Å². The molecule has 0 fully saturated rings. The van der Waals surface area contributed by atoms with Crippen molar-refractivity contribution in [1.29, 1.82) is 0 Å². The standard InChI is InChI=1S/C24H21N7O2/c1-13-6-3-4-9-17(13)31-16(10-15-8-5-7-14(2)18(15)24(31)33)11-30-23-19(20(29-30)22(26)32)21(25)27-12-28-23/h3-10,12H,11H2,1-2H3,(H2,26,32)(H2,25,27,28). The molecule has 5 rings (SSSR count). The number of anilines is 1. The molecule has 9 nitrogen and oxygen atoms in total. The molecule has 2 aromatic carbocycles. The highest BCUT2D eigenvalue weighted by atomic mass is 16.1. The van der Waals surface area contributed by atoms with E-state index >= 15 is 0 Å². The molecule has 0 aliphatic heterocycles. The largest absolute Gasteiger partial charge is 0.383 e. The van der Waals surface area contributed by atoms with Crippen LogP contribution in [-0.2, 0) is 6.54 Å². The number of nitrogens with zero attached hydrogens (tertiary/aromatic N) is 5. The number of nitrogens with two attached hydrogens (primary N) is 2. The fourth-order valence-electron chi connectivity index (χ4n) is 4.25. The van der Waals surface area contributed by atoms with Crippen LogP contribution in [0.2, 0.25) is 0 Å². The van der Waals surface area contributed by atoms with E-state index in [2.05, 4.69) is 15.1 Å². The van der Waals surface area contributed by atoms with Gasteiger partial charge in [-0.1, -0.05) is 36.4 Å². The summed E-state index contributed by atoms with van der Waals surface area (Å²) < 4.78 is 3.21. The Morgan fingerprint density at radius 1 is 1.00 bits per heavy atom. The Kier molecular flexibility index (Phi) is 4.67. The zero-order chi connectivity index (χ0) is 23.3. The van der Waals surface area contributed by atoms with Gasteiger partial charge < -0.3 is 11.5 Å². The molecule has 0 atom stereocenters. The predicted octanol–water partition coefficient (Wildman–Crippen LogP) is 2.48. The number of pyridine rings is 1. The zero-order valence-electron chi connectivity index (χ0n) is 18.1. The quantitative estimate of drug-likeness (QED) is 0.442. The first kappa shape index (κ1) is 20.4. The molecule has 164 valence electrons. The second-order valence-electron chi connectivity index (χ2n) is 7.93. The van der Waals surface area contributed by atoms with Gasteiger partial charge in [0.1, 0.15) is 12.1 Å². The second-order valence-corrected chi connectivity index (χ2v) is 7.93. The minimum atomic E-state index is -0.731. The van der Waals surface area contributed by atoms with Crippen molar-refractivity contribution in [2.24, 2.45) is 5.73 Å². The summed E-state index contributed by atoms with van der Waals surface area (Å²) in [5.74, 6) is -0.615. The van der Waals surface area contributed by atoms with Gasteiger partial charge in [0.2, 0.25) is 0 Å². The third-order valence-corrected chi connectivity index (χ3v) is 5.79. The lowest BCUT2D eigenvalue weighted by Crippen LogP contribution is -2.25. The number of carbonyl (C=O) groups is 1. The van der Waals surface area contributed by atoms with Gasteiger partial charge in [-0.2, -0.15) is 5.10 Å². The van der Waals surface area contributed by atoms with Crippen LogP contribution in [0.5, 0.6) is 0 Å². The van der Waals surface area contributed by atoms with Gasteiger partial charge in [-0.3, -0.25) is 14.2 Å². The van der Waals surface area contributed by atoms with Crippen molar-refractivity contribution >= 4 is 33.5 Å². The van der Waals surface area contributed by atoms with Crippen molar-refractivity contribution in [1.82, 2.24) is 24.3 Å². The Morgan fingerprint density at radius 3 is 2.52 bits per heavy atom. The maximum atomic E-state index is 13.8. The van der Waals surface area contributed by atoms with Crippen molar-refractivity contribution in [3.63, 3.8) is 0 Å². The summed E-state index contributed by atoms with van der Waals surface area (Å²) in [7, 11) is 0. The van der Waals surface area contributed by atoms with Gasteiger partial charge in [0.05, 0.1) is 23.0 Å². The Hall–Kier alpha value is -4.53. The van der Waals surface area contributed by atoms with Gasteiger partial charge in [0, 0.05) is 5.69 Å². The Bertz CT molecular complexity index is 1630. The van der Waals surface area contributed by atoms with E-state index in [0.717, 1.165) is 22.2 Å². The number of carbonyl (C=O) groups excluding carboxylic acids is 1. The van der Waals surface area contributed by atoms with E-state index in [1.54, 1.807) is 4.57 Å². The number of aryl methyl sites for hydroxylation is 2. The van der Waals surface area contributed by atoms with Crippen LogP contribution >= 0.6 is 0 Å². The first-order chi connectivity index (χ1) is 15.9. The van der Waals surface area contributed by atoms with Crippen molar-refractivity contribution in [3.8, 4) is 5.69 Å². The van der Waals surface area contributed by atoms with Crippen molar-refractivity contribution in [2.75, 3.05) is 5.73 Å². The average molecular weight is 439 g/mol. The van der Waals surface area contributed by atoms with Crippen LogP contribution in [0.25, 0.3) is 27.5 Å². The van der Waals surface area contributed by atoms with Crippen LogP contribution < -0.4 is 17.0 Å². The van der Waals surface area contributed by atoms with E-state index in [-0.39, 0.29) is 23.6 Å². The monoisotopic (exact) mass is 439 g/mol. The van der Waals surface area contributed by atoms with Crippen LogP contribution in [0.1, 0.15) is 27.3 Å². The fraction of sp³-hybridized carbons (Fsp3) is 0.125. The lowest BCUT2D eigenvalue weighted by Gasteiger charge is -2.17. The molecule has 0 aliphatic rings. The summed E-state index contributed by atoms with van der Waals surface area (Å²) in [6.45, 7) is 4.04. The highest BCUT2D eigenvalue weighted by molar-refractivity contribution is 6.06. The Labute approximate surface area is 188 Å². The topological polar surface area (TPSA) is 135 Å². The highest BCUT2D eigenvalue weighted by Gasteiger charge is 2.21. The molecule has 3 heterocycles. The minimum Gasteiger partial charge on any atom is -0.383 e. The summed E-state index contributed by atoms with van der Waals surface area (Å²) in [4.78, 5) is 34.0. The van der Waals surface area contributed by atoms with Gasteiger partial charge in [0.15, 0.2) is 11.3 Å². The molecule has 5 aromatic rings. The third-order valence-electron chi connectivity index (χ3n) is 5.79. The summed E-state index contributed by atoms with van der Waals surface area (Å²) in [5, 5.41) is 6.14. The molecule has 0 saturated carbocycles. The van der Waals surface area contributed by atoms with Crippen LogP contribution in [0.3, 0.4) is 0 Å². The molecule has 0 aliphatic carbocycles. The van der Waals surface area contributed by atoms with Gasteiger partial charge >= 0.3 is 0 Å². The smallest absolute Gasteiger partial charge is 0.270 e. The van der Waals surface area contributed by atoms with Gasteiger partial charge in [0.25, 0.3) is 11.5 Å². The molecular formula is C24H21N7O2. The Morgan fingerprint density at radius 2 is 1.76 bits per heavy atom. The molecule has 0 unspecified atom stereocenters. The van der Waals surface area contributed by atoms with E-state index in [4.69, 9.17) is 11.5 Å². The molecule has 3 aromatic heterocycles. The first-order valence-electron chi connectivity index (χ1n) is 10.3. The number of rotatable bonds is 4. The van der Waals surface area contributed by atoms with Gasteiger partial charge in [-0.15, -0.1) is 0 Å². The zero-order valence-corrected chi connectivity index (χ0v) is 18.1. The molecular weight excluding hydrogens is 418 g/mol. The molecule has 0 saturated heterocycles. The highest BCUT2D eigenvalue weighted by Crippen LogP contribution is 2.24. The first-order valence-corrected chi connectivity index (χ1v) is 10.3. The Balaban J connectivity index is 1.82. The van der Waals surface area contributed by atoms with Crippen LogP contribution in [-0.4, -0.2) is 30.2 Å². The predicted molar refractivity (Wildman–Crippen MR) is 126 cm³/mol. The maximum Gasteiger partial charge on any atom is 0.270 e. The van der Waals surface area contributed by atoms with E-state index in [0.29, 0.717) is 22.1 Å². The molecule has 0 bridgehead atoms. The number of hydrogen-bond acceptors (Lipinski definition) is 6. The van der Waals surface area contributed by atoms with Crippen LogP contribution in [0.4, 0.5) is 5.82 Å². The van der Waals surface area contributed by atoms with Crippen LogP contribution in [0, 0.1) is 13.8 Å². The lowest BCUT2D eigenvalue weighted by molar-refractivity contribution is 0.0996. The number of para-hydroxylation sites is 1. The number of aromatic nitrogens is 5. The van der Waals surface area contributed by atoms with Crippen molar-refractivity contribution in [3.05, 3.63) is 87.7 Å². The molecule has 9 heteroatoms. The lowest BCUT2D eigenvalue weighted by atomic mass is 10.1. The summed E-state index contributed by atoms with van der Waals surface area (Å²) in [6, 6.07) is 15.4. The number of nitrogen functional groups attached to an aromatic ring is 1. The molecule has 1 amide bonds. The fourth-order valence-corrected chi connectivity index (χ4v) is 4.25. The summed E-state index contributed by atoms with van der Waals surface area (Å²) in [6.07, 6.45) is 1.30. The molecule has 0 spiro atoms. The average Bonchev–Trinajstić information content (AvgIpc) is 3.15. The normalized spacial score (nSPS) is 11.3. The number of amides is 1. The number of primary amides is 1. The number of fused-ring (bicyclic) bond motifs is 2. The number of hydrogen-bond donors (Lipinski definition) is 2. The van der Waals surface area contributed by atoms with E-state index in [9.17, 15) is 9.59 Å². The summed E-state index contributed by atoms with van der Waals surface area (Å²) >= 11 is 0. The summed E-state index contributed by atoms with van der Waals surface area (Å²) in [5.41, 5.74) is 15.0. The third kappa shape index (κ3) is 3.21. The molecule has 4 N–H and O–H groups in total. The minimum absolute atomic E-state index is 0.00970. The van der Waals surface area contributed by atoms with Crippen molar-refractivity contribution in [2.45, 2.75) is 20.4 Å². The van der Waals surface area contributed by atoms with Gasteiger partial charge in [-0.25, -0.2) is 14.6 Å². The second kappa shape index (κ2) is 7.56. The molecule has 33 heavy (non-hydrogen) atoms. The molecule has 0 radical (unpaired) electrons. The SMILES string of the molecule is Cc1ccccc1-n1c(Cn2nc(C(N)=O)c3c(N)ncnc32)cc2cccc(C)c2c1=O.